The van der Waals surface area contributed by atoms with E-state index in [4.69, 9.17) is 9.47 Å². The second-order valence-electron chi connectivity index (χ2n) is 6.37. The fourth-order valence-corrected chi connectivity index (χ4v) is 4.52. The molecule has 0 radical (unpaired) electrons. The van der Waals surface area contributed by atoms with Gasteiger partial charge >= 0.3 is 0 Å². The highest BCUT2D eigenvalue weighted by Gasteiger charge is 2.31. The van der Waals surface area contributed by atoms with Crippen LogP contribution in [0, 0.1) is 0 Å². The molecule has 2 aromatic heterocycles. The molecular formula is C21H22N2O2S. The van der Waals surface area contributed by atoms with Crippen molar-refractivity contribution in [1.29, 1.82) is 0 Å². The monoisotopic (exact) mass is 366 g/mol. The molecule has 5 heteroatoms. The summed E-state index contributed by atoms with van der Waals surface area (Å²) in [5, 5.41) is 2.14. The third-order valence-electron chi connectivity index (χ3n) is 4.88. The van der Waals surface area contributed by atoms with Crippen LogP contribution in [0.5, 0.6) is 11.5 Å². The first-order valence-electron chi connectivity index (χ1n) is 8.72. The number of methoxy groups -OCH3 is 2. The highest BCUT2D eigenvalue weighted by molar-refractivity contribution is 7.10. The first-order chi connectivity index (χ1) is 12.8. The van der Waals surface area contributed by atoms with Gasteiger partial charge in [0.1, 0.15) is 0 Å². The molecule has 0 bridgehead atoms. The standard InChI is InChI=1S/C21H22N2O2S/c1-24-18-12-15-8-10-23(14-16-6-3-4-9-22-16)21(20-7-5-11-26-20)17(15)13-19(18)25-2/h3-7,9,11-13,21H,8,10,14H2,1-2H3/t21-/m0/s1. The third-order valence-corrected chi connectivity index (χ3v) is 5.80. The zero-order valence-electron chi connectivity index (χ0n) is 15.0. The maximum Gasteiger partial charge on any atom is 0.161 e. The number of hydrogen-bond acceptors (Lipinski definition) is 5. The number of fused-ring (bicyclic) bond motifs is 1. The van der Waals surface area contributed by atoms with E-state index >= 15 is 0 Å². The van der Waals surface area contributed by atoms with Gasteiger partial charge in [0.05, 0.1) is 26.0 Å². The van der Waals surface area contributed by atoms with Gasteiger partial charge in [0.25, 0.3) is 0 Å². The van der Waals surface area contributed by atoms with E-state index in [1.54, 1.807) is 25.6 Å². The SMILES string of the molecule is COc1cc2c(cc1OC)[C@@H](c1cccs1)N(Cc1ccccn1)CC2. The van der Waals surface area contributed by atoms with Gasteiger partial charge < -0.3 is 9.47 Å². The summed E-state index contributed by atoms with van der Waals surface area (Å²) in [6, 6.07) is 14.9. The van der Waals surface area contributed by atoms with Crippen molar-refractivity contribution in [1.82, 2.24) is 9.88 Å². The van der Waals surface area contributed by atoms with Crippen molar-refractivity contribution < 1.29 is 9.47 Å². The van der Waals surface area contributed by atoms with Gasteiger partial charge in [0.2, 0.25) is 0 Å². The summed E-state index contributed by atoms with van der Waals surface area (Å²) in [6.07, 6.45) is 2.85. The van der Waals surface area contributed by atoms with Gasteiger partial charge in [-0.3, -0.25) is 9.88 Å². The third kappa shape index (κ3) is 3.20. The lowest BCUT2D eigenvalue weighted by Crippen LogP contribution is -2.35. The van der Waals surface area contributed by atoms with Crippen LogP contribution < -0.4 is 9.47 Å². The molecule has 0 fully saturated rings. The predicted molar refractivity (Wildman–Crippen MR) is 104 cm³/mol. The number of pyridine rings is 1. The number of thiophene rings is 1. The summed E-state index contributed by atoms with van der Waals surface area (Å²) in [6.45, 7) is 1.82. The van der Waals surface area contributed by atoms with E-state index in [-0.39, 0.29) is 6.04 Å². The van der Waals surface area contributed by atoms with Gasteiger partial charge in [0.15, 0.2) is 11.5 Å². The van der Waals surface area contributed by atoms with Gasteiger partial charge in [-0.1, -0.05) is 12.1 Å². The van der Waals surface area contributed by atoms with Crippen LogP contribution in [0.4, 0.5) is 0 Å². The molecule has 0 N–H and O–H groups in total. The van der Waals surface area contributed by atoms with Gasteiger partial charge in [0, 0.05) is 24.2 Å². The molecule has 26 heavy (non-hydrogen) atoms. The molecule has 4 nitrogen and oxygen atoms in total. The molecule has 0 saturated heterocycles. The first-order valence-corrected chi connectivity index (χ1v) is 9.60. The van der Waals surface area contributed by atoms with E-state index in [1.807, 2.05) is 18.3 Å². The molecule has 1 aliphatic heterocycles. The molecular weight excluding hydrogens is 344 g/mol. The van der Waals surface area contributed by atoms with Crippen LogP contribution in [-0.4, -0.2) is 30.6 Å². The van der Waals surface area contributed by atoms with Gasteiger partial charge in [-0.25, -0.2) is 0 Å². The lowest BCUT2D eigenvalue weighted by atomic mass is 9.90. The first kappa shape index (κ1) is 17.1. The van der Waals surface area contributed by atoms with Crippen molar-refractivity contribution in [3.05, 3.63) is 75.7 Å². The molecule has 3 aromatic rings. The van der Waals surface area contributed by atoms with Crippen LogP contribution in [0.25, 0.3) is 0 Å². The summed E-state index contributed by atoms with van der Waals surface area (Å²) in [7, 11) is 3.39. The maximum atomic E-state index is 5.57. The van der Waals surface area contributed by atoms with Gasteiger partial charge in [-0.05, 0) is 53.3 Å². The molecule has 3 heterocycles. The minimum Gasteiger partial charge on any atom is -0.493 e. The van der Waals surface area contributed by atoms with Crippen molar-refractivity contribution in [3.63, 3.8) is 0 Å². The predicted octanol–water partition coefficient (Wildman–Crippen LogP) is 4.31. The smallest absolute Gasteiger partial charge is 0.161 e. The quantitative estimate of drug-likeness (QED) is 0.674. The summed E-state index contributed by atoms with van der Waals surface area (Å²) in [4.78, 5) is 8.37. The second kappa shape index (κ2) is 7.48. The topological polar surface area (TPSA) is 34.6 Å². The Morgan fingerprint density at radius 3 is 2.65 bits per heavy atom. The lowest BCUT2D eigenvalue weighted by Gasteiger charge is -2.37. The molecule has 0 saturated carbocycles. The molecule has 1 atom stereocenters. The van der Waals surface area contributed by atoms with Crippen molar-refractivity contribution >= 4 is 11.3 Å². The second-order valence-corrected chi connectivity index (χ2v) is 7.34. The van der Waals surface area contributed by atoms with Crippen LogP contribution in [-0.2, 0) is 13.0 Å². The van der Waals surface area contributed by atoms with Crippen molar-refractivity contribution in [2.45, 2.75) is 19.0 Å². The summed E-state index contributed by atoms with van der Waals surface area (Å²) < 4.78 is 11.1. The summed E-state index contributed by atoms with van der Waals surface area (Å²) in [5.41, 5.74) is 3.73. The van der Waals surface area contributed by atoms with E-state index in [1.165, 1.54) is 16.0 Å². The number of nitrogens with zero attached hydrogens (tertiary/aromatic N) is 2. The molecule has 0 amide bonds. The molecule has 0 unspecified atom stereocenters. The average molecular weight is 366 g/mol. The number of benzene rings is 1. The Labute approximate surface area is 158 Å². The van der Waals surface area contributed by atoms with Crippen molar-refractivity contribution in [3.8, 4) is 11.5 Å². The fraction of sp³-hybridized carbons (Fsp3) is 0.286. The normalized spacial score (nSPS) is 16.9. The van der Waals surface area contributed by atoms with Crippen LogP contribution in [0.3, 0.4) is 0 Å². The molecule has 4 rings (SSSR count). The number of ether oxygens (including phenoxy) is 2. The minimum atomic E-state index is 0.209. The van der Waals surface area contributed by atoms with Crippen LogP contribution in [0.2, 0.25) is 0 Å². The fourth-order valence-electron chi connectivity index (χ4n) is 3.65. The largest absolute Gasteiger partial charge is 0.493 e. The Morgan fingerprint density at radius 2 is 1.96 bits per heavy atom. The molecule has 1 aromatic carbocycles. The molecule has 134 valence electrons. The van der Waals surface area contributed by atoms with Crippen LogP contribution in [0.15, 0.2) is 54.0 Å². The summed E-state index contributed by atoms with van der Waals surface area (Å²) >= 11 is 1.80. The van der Waals surface area contributed by atoms with Gasteiger partial charge in [-0.15, -0.1) is 11.3 Å². The number of aromatic nitrogens is 1. The molecule has 0 aliphatic carbocycles. The average Bonchev–Trinajstić information content (AvgIpc) is 3.21. The zero-order chi connectivity index (χ0) is 17.9. The molecule has 1 aliphatic rings. The van der Waals surface area contributed by atoms with E-state index in [2.05, 4.69) is 45.6 Å². The van der Waals surface area contributed by atoms with Crippen molar-refractivity contribution in [2.24, 2.45) is 0 Å². The Bertz CT molecular complexity index is 865. The van der Waals surface area contributed by atoms with E-state index < -0.39 is 0 Å². The molecule has 0 spiro atoms. The minimum absolute atomic E-state index is 0.209. The Kier molecular flexibility index (Phi) is 4.91. The Morgan fingerprint density at radius 1 is 1.12 bits per heavy atom. The maximum absolute atomic E-state index is 5.57. The van der Waals surface area contributed by atoms with Crippen LogP contribution >= 0.6 is 11.3 Å². The van der Waals surface area contributed by atoms with Crippen molar-refractivity contribution in [2.75, 3.05) is 20.8 Å². The van der Waals surface area contributed by atoms with Crippen LogP contribution in [0.1, 0.15) is 27.7 Å². The number of rotatable bonds is 5. The highest BCUT2D eigenvalue weighted by Crippen LogP contribution is 2.42. The van der Waals surface area contributed by atoms with Gasteiger partial charge in [-0.2, -0.15) is 0 Å². The van der Waals surface area contributed by atoms with E-state index in [0.29, 0.717) is 0 Å². The zero-order valence-corrected chi connectivity index (χ0v) is 15.8. The highest BCUT2D eigenvalue weighted by atomic mass is 32.1. The Hall–Kier alpha value is -2.37. The Balaban J connectivity index is 1.77. The number of hydrogen-bond donors (Lipinski definition) is 0. The van der Waals surface area contributed by atoms with E-state index in [0.717, 1.165) is 36.7 Å². The summed E-state index contributed by atoms with van der Waals surface area (Å²) in [5.74, 6) is 1.59. The lowest BCUT2D eigenvalue weighted by molar-refractivity contribution is 0.203. The van der Waals surface area contributed by atoms with E-state index in [9.17, 15) is 0 Å².